The number of anilines is 3. The molecule has 4 aromatic heterocycles. The fraction of sp³-hybridized carbons (Fsp3) is 0.224. The molecule has 20 heteroatoms. The van der Waals surface area contributed by atoms with Gasteiger partial charge < -0.3 is 27.7 Å². The average Bonchev–Trinajstić information content (AvgIpc) is 3.26. The van der Waals surface area contributed by atoms with Crippen molar-refractivity contribution >= 4 is 145 Å². The Labute approximate surface area is 472 Å². The van der Waals surface area contributed by atoms with Crippen molar-refractivity contribution in [1.29, 1.82) is 0 Å². The van der Waals surface area contributed by atoms with Crippen LogP contribution in [0, 0.1) is 0 Å². The predicted molar refractivity (Wildman–Crippen MR) is 283 cm³/mol. The zero-order chi connectivity index (χ0) is 50.1. The van der Waals surface area contributed by atoms with Crippen molar-refractivity contribution in [1.82, 2.24) is 19.9 Å². The molecule has 0 aliphatic rings. The van der Waals surface area contributed by atoms with E-state index in [2.05, 4.69) is 79.1 Å². The molecule has 0 atom stereocenters. The fourth-order valence-corrected chi connectivity index (χ4v) is 7.12. The molecule has 0 bridgehead atoms. The number of hydrogen-bond acceptors (Lipinski definition) is 9. The smallest absolute Gasteiger partial charge is 0.445 e. The second-order valence-electron chi connectivity index (χ2n) is 17.0. The summed E-state index contributed by atoms with van der Waals surface area (Å²) in [5, 5.41) is 7.38. The molecular weight excluding hydrogens is 1130 g/mol. The van der Waals surface area contributed by atoms with Gasteiger partial charge in [-0.3, -0.25) is 9.80 Å². The molecule has 0 saturated carbocycles. The van der Waals surface area contributed by atoms with Gasteiger partial charge in [-0.1, -0.05) is 95.8 Å². The van der Waals surface area contributed by atoms with Crippen LogP contribution in [0.15, 0.2) is 135 Å². The summed E-state index contributed by atoms with van der Waals surface area (Å²) in [4.78, 5) is 43.8. The van der Waals surface area contributed by atoms with Gasteiger partial charge in [-0.25, -0.2) is 29.5 Å². The number of carbonyl (C=O) groups is 2. The summed E-state index contributed by atoms with van der Waals surface area (Å²) in [5.74, 6) is 1.68. The molecule has 8 aromatic rings. The van der Waals surface area contributed by atoms with Crippen LogP contribution < -0.4 is 72.0 Å². The molecule has 356 valence electrons. The van der Waals surface area contributed by atoms with Crippen LogP contribution in [-0.4, -0.2) is 71.4 Å². The third-order valence-corrected chi connectivity index (χ3v) is 11.0. The number of rotatable bonds is 4. The minimum atomic E-state index is -5.10. The van der Waals surface area contributed by atoms with E-state index < -0.39 is 35.8 Å². The number of ether oxygens (including phenoxy) is 2. The largest absolute Gasteiger partial charge is 1.00 e. The second kappa shape index (κ2) is 25.0. The van der Waals surface area contributed by atoms with E-state index in [4.69, 9.17) is 21.1 Å². The van der Waals surface area contributed by atoms with Gasteiger partial charge in [-0.05, 0) is 126 Å². The van der Waals surface area contributed by atoms with Gasteiger partial charge in [-0.15, -0.1) is 5.46 Å². The summed E-state index contributed by atoms with van der Waals surface area (Å²) in [5.41, 5.74) is 1.00. The van der Waals surface area contributed by atoms with Crippen LogP contribution in [0.25, 0.3) is 43.6 Å². The van der Waals surface area contributed by atoms with Crippen molar-refractivity contribution in [3.8, 4) is 0 Å². The van der Waals surface area contributed by atoms with Crippen LogP contribution in [0.3, 0.4) is 0 Å². The van der Waals surface area contributed by atoms with Gasteiger partial charge in [0.05, 0.1) is 22.1 Å². The maximum Gasteiger partial charge on any atom is 1.00 e. The minimum absolute atomic E-state index is 0. The van der Waals surface area contributed by atoms with E-state index in [0.29, 0.717) is 16.4 Å². The zero-order valence-corrected chi connectivity index (χ0v) is 48.2. The van der Waals surface area contributed by atoms with Crippen LogP contribution in [0.5, 0.6) is 0 Å². The first-order valence-electron chi connectivity index (χ1n) is 20.8. The van der Waals surface area contributed by atoms with Gasteiger partial charge in [0.2, 0.25) is 0 Å². The fourth-order valence-electron chi connectivity index (χ4n) is 5.92. The van der Waals surface area contributed by atoms with Crippen LogP contribution in [0.2, 0.25) is 5.15 Å². The van der Waals surface area contributed by atoms with E-state index >= 15 is 0 Å². The number of nitrogens with zero attached hydrogens (tertiary/aromatic N) is 6. The van der Waals surface area contributed by atoms with E-state index in [1.807, 2.05) is 101 Å². The first-order chi connectivity index (χ1) is 31.8. The van der Waals surface area contributed by atoms with Gasteiger partial charge in [0.25, 0.3) is 0 Å². The maximum atomic E-state index is 12.8. The number of amides is 2. The Hall–Kier alpha value is -3.92. The van der Waals surface area contributed by atoms with E-state index in [1.165, 1.54) is 18.0 Å². The molecule has 11 nitrogen and oxygen atoms in total. The number of fused-ring (bicyclic) bond motifs is 4. The molecule has 0 fully saturated rings. The van der Waals surface area contributed by atoms with Gasteiger partial charge >= 0.3 is 70.5 Å². The first kappa shape index (κ1) is 57.7. The third kappa shape index (κ3) is 17.7. The monoisotopic (exact) mass is 1180 g/mol. The number of benzene rings is 4. The summed E-state index contributed by atoms with van der Waals surface area (Å²) in [6.07, 6.45) is -1.04. The van der Waals surface area contributed by atoms with Crippen LogP contribution in [-0.2, 0) is 9.47 Å². The average molecular weight is 1180 g/mol. The number of halogens is 7. The van der Waals surface area contributed by atoms with Gasteiger partial charge in [-0.2, -0.15) is 0 Å². The third-order valence-electron chi connectivity index (χ3n) is 9.27. The molecule has 8 rings (SSSR count). The van der Waals surface area contributed by atoms with Crippen LogP contribution >= 0.6 is 59.4 Å². The normalized spacial score (nSPS) is 11.2. The molecule has 2 amide bonds. The molecule has 69 heavy (non-hydrogen) atoms. The molecule has 4 heterocycles. The summed E-state index contributed by atoms with van der Waals surface area (Å²) < 4.78 is 52.1. The number of aromatic nitrogens is 4. The van der Waals surface area contributed by atoms with Gasteiger partial charge in [0.1, 0.15) is 33.8 Å². The van der Waals surface area contributed by atoms with Gasteiger partial charge in [0.15, 0.2) is 0 Å². The van der Waals surface area contributed by atoms with Crippen molar-refractivity contribution in [2.75, 3.05) is 36.3 Å². The number of hydrogen-bond donors (Lipinski definition) is 1. The molecular formula is C49H48BBr3ClF3KN7O4. The summed E-state index contributed by atoms with van der Waals surface area (Å²) in [6, 6.07) is 35.9. The number of nitrogens with one attached hydrogen (secondary N) is 1. The molecule has 0 spiro atoms. The Kier molecular flexibility index (Phi) is 20.9. The second-order valence-corrected chi connectivity index (χ2v) is 20.2. The van der Waals surface area contributed by atoms with E-state index in [0.717, 1.165) is 69.0 Å². The molecule has 0 radical (unpaired) electrons. The summed E-state index contributed by atoms with van der Waals surface area (Å²) in [6.45, 7) is 5.60. The van der Waals surface area contributed by atoms with E-state index in [1.54, 1.807) is 52.1 Å². The van der Waals surface area contributed by atoms with Gasteiger partial charge in [0, 0.05) is 56.1 Å². The summed E-state index contributed by atoms with van der Waals surface area (Å²) >= 11 is 16.0. The summed E-state index contributed by atoms with van der Waals surface area (Å²) in [7, 11) is 4.98. The predicted octanol–water partition coefficient (Wildman–Crippen LogP) is 11.7. The Morgan fingerprint density at radius 3 is 1.30 bits per heavy atom. The van der Waals surface area contributed by atoms with Crippen molar-refractivity contribution in [3.63, 3.8) is 0 Å². The first-order valence-corrected chi connectivity index (χ1v) is 23.6. The molecule has 0 unspecified atom stereocenters. The minimum Gasteiger partial charge on any atom is -0.445 e. The van der Waals surface area contributed by atoms with Crippen LogP contribution in [0.1, 0.15) is 41.5 Å². The molecule has 0 aliphatic heterocycles. The Morgan fingerprint density at radius 1 is 0.551 bits per heavy atom. The standard InChI is InChI=1S/C15H17BF3N2O2.C15H17BrN2O2.C10H9BrN2.C9H5BrClN.K/c1-15(2,3)23-14(22)21(4)13-8-6-10-5-7-11(16(17,18)19)9-12(10)20-13;1-15(2,3)20-14(19)18(4)13-8-6-10-5-7-11(16)9-12(10)17-13;1-12-10-5-3-7-2-4-8(11)6-9(7)13-10;10-7-3-1-6-2-4-9(11)12-8(6)5-7;/h5-9H,1-4H3;5-9H,1-4H3;2-6H,1H3,(H,12,13);1-5H;/q-1;;;;+1. The van der Waals surface area contributed by atoms with Crippen molar-refractivity contribution in [2.45, 2.75) is 52.7 Å². The quantitative estimate of drug-likeness (QED) is 0.136. The van der Waals surface area contributed by atoms with E-state index in [-0.39, 0.29) is 62.7 Å². The molecule has 0 saturated heterocycles. The Balaban J connectivity index is 0.000000206. The molecule has 1 N–H and O–H groups in total. The van der Waals surface area contributed by atoms with Crippen molar-refractivity contribution in [2.24, 2.45) is 0 Å². The topological polar surface area (TPSA) is 123 Å². The maximum absolute atomic E-state index is 12.8. The van der Waals surface area contributed by atoms with Crippen molar-refractivity contribution < 1.29 is 83.4 Å². The Bertz CT molecular complexity index is 3060. The molecule has 4 aromatic carbocycles. The number of carbonyl (C=O) groups excluding carboxylic acids is 2. The van der Waals surface area contributed by atoms with Crippen molar-refractivity contribution in [3.05, 3.63) is 140 Å². The van der Waals surface area contributed by atoms with E-state index in [9.17, 15) is 22.5 Å². The molecule has 0 aliphatic carbocycles. The van der Waals surface area contributed by atoms with Crippen LogP contribution in [0.4, 0.5) is 40.0 Å². The SMILES string of the molecule is CN(C(=O)OC(C)(C)C)c1ccc2ccc(Br)cc2n1.CN(C(=O)OC(C)(C)C)c1ccc2ccc([B-](F)(F)F)cc2n1.CNc1ccc2ccc(Br)cc2n1.Clc1ccc2ccc(Br)cc2n1.[K+]. The number of pyridine rings is 4. The zero-order valence-electron chi connectivity index (χ0n) is 39.6. The Morgan fingerprint density at radius 2 is 0.899 bits per heavy atom.